The maximum absolute atomic E-state index is 13.1. The average molecular weight is 370 g/mol. The van der Waals surface area contributed by atoms with E-state index in [9.17, 15) is 14.3 Å². The topological polar surface area (TPSA) is 55.4 Å². The predicted molar refractivity (Wildman–Crippen MR) is 98.5 cm³/mol. The van der Waals surface area contributed by atoms with Crippen LogP contribution in [0.5, 0.6) is 11.5 Å². The fourth-order valence-corrected chi connectivity index (χ4v) is 3.64. The third-order valence-corrected chi connectivity index (χ3v) is 5.32. The number of carbonyl (C=O) groups excluding carboxylic acids is 1. The molecule has 3 N–H and O–H groups in total. The molecule has 1 fully saturated rings. The molecule has 0 radical (unpaired) electrons. The highest BCUT2D eigenvalue weighted by atomic mass is 19.1. The summed E-state index contributed by atoms with van der Waals surface area (Å²) in [4.78, 5) is 15.6. The van der Waals surface area contributed by atoms with Crippen molar-refractivity contribution in [3.05, 3.63) is 64.7 Å². The lowest BCUT2D eigenvalue weighted by molar-refractivity contribution is -1.01. The van der Waals surface area contributed by atoms with Gasteiger partial charge in [-0.2, -0.15) is 0 Å². The SMILES string of the molecule is C[NH+]1CC[NH+](Cc2c(O)ccc3c2O/C(=C\c2ccc(F)cc2)C3=O)CC1. The van der Waals surface area contributed by atoms with E-state index >= 15 is 0 Å². The number of benzene rings is 2. The Kier molecular flexibility index (Phi) is 4.68. The average Bonchev–Trinajstić information content (AvgIpc) is 2.97. The van der Waals surface area contributed by atoms with E-state index in [1.807, 2.05) is 0 Å². The second-order valence-electron chi connectivity index (χ2n) is 7.32. The standard InChI is InChI=1S/C21H21FN2O3/c1-23-8-10-24(11-9-23)13-17-18(25)7-6-16-20(26)19(27-21(16)17)12-14-2-4-15(22)5-3-14/h2-7,12,25H,8-11,13H2,1H3/p+2/b19-12-. The van der Waals surface area contributed by atoms with E-state index in [1.54, 1.807) is 30.3 Å². The quantitative estimate of drug-likeness (QED) is 0.670. The summed E-state index contributed by atoms with van der Waals surface area (Å²) in [5.74, 6) is 0.258. The minimum Gasteiger partial charge on any atom is -0.507 e. The van der Waals surface area contributed by atoms with Gasteiger partial charge in [0.2, 0.25) is 5.78 Å². The number of hydrogen-bond donors (Lipinski definition) is 3. The van der Waals surface area contributed by atoms with Gasteiger partial charge in [-0.1, -0.05) is 12.1 Å². The lowest BCUT2D eigenvalue weighted by Crippen LogP contribution is -3.26. The first kappa shape index (κ1) is 17.7. The largest absolute Gasteiger partial charge is 0.507 e. The van der Waals surface area contributed by atoms with Crippen molar-refractivity contribution in [3.63, 3.8) is 0 Å². The molecule has 0 aliphatic carbocycles. The van der Waals surface area contributed by atoms with Crippen LogP contribution in [0.1, 0.15) is 21.5 Å². The number of fused-ring (bicyclic) bond motifs is 1. The number of quaternary nitrogens is 2. The molecule has 0 atom stereocenters. The first-order valence-corrected chi connectivity index (χ1v) is 9.21. The number of piperazine rings is 1. The van der Waals surface area contributed by atoms with Crippen molar-refractivity contribution < 1.29 is 28.8 Å². The van der Waals surface area contributed by atoms with Crippen molar-refractivity contribution in [1.82, 2.24) is 0 Å². The Morgan fingerprint density at radius 2 is 1.81 bits per heavy atom. The van der Waals surface area contributed by atoms with Gasteiger partial charge in [-0.15, -0.1) is 0 Å². The zero-order valence-corrected chi connectivity index (χ0v) is 15.2. The molecule has 0 aromatic heterocycles. The van der Waals surface area contributed by atoms with E-state index in [0.717, 1.165) is 26.2 Å². The van der Waals surface area contributed by atoms with Crippen LogP contribution in [0.4, 0.5) is 4.39 Å². The molecule has 0 bridgehead atoms. The Hall–Kier alpha value is -2.70. The van der Waals surface area contributed by atoms with E-state index in [1.165, 1.54) is 21.9 Å². The molecule has 0 spiro atoms. The van der Waals surface area contributed by atoms with Crippen LogP contribution in [0.2, 0.25) is 0 Å². The van der Waals surface area contributed by atoms with Crippen LogP contribution in [0, 0.1) is 5.82 Å². The summed E-state index contributed by atoms with van der Waals surface area (Å²) < 4.78 is 19.0. The third kappa shape index (κ3) is 3.59. The first-order chi connectivity index (χ1) is 13.0. The molecule has 2 heterocycles. The van der Waals surface area contributed by atoms with Crippen LogP contribution in [-0.2, 0) is 6.54 Å². The van der Waals surface area contributed by atoms with Crippen LogP contribution in [0.15, 0.2) is 42.2 Å². The number of phenols is 1. The van der Waals surface area contributed by atoms with Gasteiger partial charge in [0, 0.05) is 0 Å². The first-order valence-electron chi connectivity index (χ1n) is 9.21. The lowest BCUT2D eigenvalue weighted by Gasteiger charge is -2.27. The Morgan fingerprint density at radius 3 is 2.52 bits per heavy atom. The number of likely N-dealkylation sites (N-methyl/N-ethyl adjacent to an activating group) is 1. The molecule has 2 aliphatic heterocycles. The summed E-state index contributed by atoms with van der Waals surface area (Å²) in [7, 11) is 2.18. The van der Waals surface area contributed by atoms with Crippen molar-refractivity contribution in [1.29, 1.82) is 0 Å². The molecule has 140 valence electrons. The van der Waals surface area contributed by atoms with Gasteiger partial charge in [0.1, 0.15) is 44.3 Å². The van der Waals surface area contributed by atoms with E-state index in [0.29, 0.717) is 29.0 Å². The zero-order valence-electron chi connectivity index (χ0n) is 15.2. The number of halogens is 1. The second-order valence-corrected chi connectivity index (χ2v) is 7.32. The molecule has 5 nitrogen and oxygen atoms in total. The molecule has 0 unspecified atom stereocenters. The van der Waals surface area contributed by atoms with Gasteiger partial charge < -0.3 is 19.6 Å². The van der Waals surface area contributed by atoms with E-state index < -0.39 is 0 Å². The minimum absolute atomic E-state index is 0.156. The number of rotatable bonds is 3. The van der Waals surface area contributed by atoms with Gasteiger partial charge in [0.05, 0.1) is 18.2 Å². The Morgan fingerprint density at radius 1 is 1.11 bits per heavy atom. The maximum Gasteiger partial charge on any atom is 0.231 e. The molecule has 0 amide bonds. The fraction of sp³-hybridized carbons (Fsp3) is 0.286. The van der Waals surface area contributed by atoms with Crippen LogP contribution < -0.4 is 14.5 Å². The summed E-state index contributed by atoms with van der Waals surface area (Å²) in [5.41, 5.74) is 1.83. The normalized spacial score (nSPS) is 23.3. The van der Waals surface area contributed by atoms with E-state index in [2.05, 4.69) is 7.05 Å². The fourth-order valence-electron chi connectivity index (χ4n) is 3.64. The van der Waals surface area contributed by atoms with Crippen molar-refractivity contribution in [2.24, 2.45) is 0 Å². The number of aromatic hydroxyl groups is 1. The van der Waals surface area contributed by atoms with Gasteiger partial charge in [0.25, 0.3) is 0 Å². The number of ether oxygens (including phenoxy) is 1. The van der Waals surface area contributed by atoms with Crippen LogP contribution in [0.25, 0.3) is 6.08 Å². The van der Waals surface area contributed by atoms with E-state index in [-0.39, 0.29) is 23.1 Å². The van der Waals surface area contributed by atoms with Gasteiger partial charge in [-0.3, -0.25) is 4.79 Å². The zero-order chi connectivity index (χ0) is 19.0. The molecular formula is C21H23FN2O3+2. The molecule has 2 aromatic carbocycles. The number of carbonyl (C=O) groups is 1. The molecular weight excluding hydrogens is 347 g/mol. The van der Waals surface area contributed by atoms with Crippen molar-refractivity contribution in [2.75, 3.05) is 33.2 Å². The minimum atomic E-state index is -0.330. The molecule has 27 heavy (non-hydrogen) atoms. The number of ketones is 1. The van der Waals surface area contributed by atoms with Gasteiger partial charge in [-0.05, 0) is 35.9 Å². The van der Waals surface area contributed by atoms with Gasteiger partial charge in [0.15, 0.2) is 11.5 Å². The molecule has 6 heteroatoms. The van der Waals surface area contributed by atoms with Gasteiger partial charge >= 0.3 is 0 Å². The summed E-state index contributed by atoms with van der Waals surface area (Å²) in [6, 6.07) is 9.04. The van der Waals surface area contributed by atoms with Gasteiger partial charge in [-0.25, -0.2) is 4.39 Å². The monoisotopic (exact) mass is 370 g/mol. The Bertz CT molecular complexity index is 900. The lowest BCUT2D eigenvalue weighted by atomic mass is 10.0. The van der Waals surface area contributed by atoms with Crippen LogP contribution in [-0.4, -0.2) is 44.1 Å². The van der Waals surface area contributed by atoms with Crippen molar-refractivity contribution >= 4 is 11.9 Å². The number of Topliss-reactive ketones (excluding diaryl/α,β-unsaturated/α-hetero) is 1. The summed E-state index contributed by atoms with van der Waals surface area (Å²) >= 11 is 0. The number of hydrogen-bond acceptors (Lipinski definition) is 3. The van der Waals surface area contributed by atoms with E-state index in [4.69, 9.17) is 4.74 Å². The molecule has 4 rings (SSSR count). The highest BCUT2D eigenvalue weighted by molar-refractivity contribution is 6.14. The molecule has 2 aliphatic rings. The van der Waals surface area contributed by atoms with Crippen molar-refractivity contribution in [3.8, 4) is 11.5 Å². The van der Waals surface area contributed by atoms with Crippen LogP contribution in [0.3, 0.4) is 0 Å². The van der Waals surface area contributed by atoms with Crippen LogP contribution >= 0.6 is 0 Å². The Labute approximate surface area is 157 Å². The summed E-state index contributed by atoms with van der Waals surface area (Å²) in [5, 5.41) is 10.4. The predicted octanol–water partition coefficient (Wildman–Crippen LogP) is 0.0607. The maximum atomic E-state index is 13.1. The second kappa shape index (κ2) is 7.13. The number of phenolic OH excluding ortho intramolecular Hbond substituents is 1. The Balaban J connectivity index is 1.61. The third-order valence-electron chi connectivity index (χ3n) is 5.32. The smallest absolute Gasteiger partial charge is 0.231 e. The summed E-state index contributed by atoms with van der Waals surface area (Å²) in [6.07, 6.45) is 1.61. The van der Waals surface area contributed by atoms with Crippen molar-refractivity contribution in [2.45, 2.75) is 6.54 Å². The molecule has 1 saturated heterocycles. The molecule has 2 aromatic rings. The number of allylic oxidation sites excluding steroid dienone is 1. The highest BCUT2D eigenvalue weighted by Crippen LogP contribution is 2.39. The highest BCUT2D eigenvalue weighted by Gasteiger charge is 2.33. The summed E-state index contributed by atoms with van der Waals surface area (Å²) in [6.45, 7) is 4.82. The molecule has 0 saturated carbocycles. The number of nitrogens with one attached hydrogen (secondary N) is 2.